The molecule has 94 valence electrons. The fraction of sp³-hybridized carbons (Fsp3) is 0.214. The number of hydrogen-bond acceptors (Lipinski definition) is 4. The minimum atomic E-state index is 0.513. The van der Waals surface area contributed by atoms with Crippen LogP contribution >= 0.6 is 0 Å². The molecule has 0 saturated heterocycles. The first kappa shape index (κ1) is 12.4. The van der Waals surface area contributed by atoms with Crippen LogP contribution in [0.25, 0.3) is 0 Å². The summed E-state index contributed by atoms with van der Waals surface area (Å²) < 4.78 is 10.6. The molecular formula is C14H16N2O2. The third-order valence-electron chi connectivity index (χ3n) is 2.44. The van der Waals surface area contributed by atoms with Crippen LogP contribution in [0.15, 0.2) is 53.7 Å². The summed E-state index contributed by atoms with van der Waals surface area (Å²) >= 11 is 0. The molecular weight excluding hydrogens is 228 g/mol. The van der Waals surface area contributed by atoms with Gasteiger partial charge in [0.15, 0.2) is 0 Å². The number of hydrogen-bond donors (Lipinski definition) is 1. The van der Waals surface area contributed by atoms with E-state index < -0.39 is 0 Å². The lowest BCUT2D eigenvalue weighted by molar-refractivity contribution is 0.354. The van der Waals surface area contributed by atoms with Gasteiger partial charge in [0.1, 0.15) is 18.1 Å². The minimum Gasteiger partial charge on any atom is -0.489 e. The third-order valence-corrected chi connectivity index (χ3v) is 2.44. The average molecular weight is 244 g/mol. The number of aromatic nitrogens is 1. The van der Waals surface area contributed by atoms with Crippen LogP contribution in [0.2, 0.25) is 0 Å². The second kappa shape index (κ2) is 6.61. The summed E-state index contributed by atoms with van der Waals surface area (Å²) in [5.74, 6) is 1.70. The van der Waals surface area contributed by atoms with Gasteiger partial charge in [0, 0.05) is 18.2 Å². The van der Waals surface area contributed by atoms with Gasteiger partial charge in [-0.25, -0.2) is 0 Å². The van der Waals surface area contributed by atoms with Gasteiger partial charge in [-0.2, -0.15) is 0 Å². The Balaban J connectivity index is 1.89. The van der Waals surface area contributed by atoms with Gasteiger partial charge in [-0.05, 0) is 6.07 Å². The Bertz CT molecular complexity index is 480. The predicted octanol–water partition coefficient (Wildman–Crippen LogP) is 2.53. The van der Waals surface area contributed by atoms with Crippen molar-refractivity contribution in [1.82, 2.24) is 10.5 Å². The van der Waals surface area contributed by atoms with Crippen molar-refractivity contribution in [1.29, 1.82) is 0 Å². The van der Waals surface area contributed by atoms with E-state index in [1.165, 1.54) is 0 Å². The summed E-state index contributed by atoms with van der Waals surface area (Å²) in [6.07, 6.45) is 3.37. The monoisotopic (exact) mass is 244 g/mol. The van der Waals surface area contributed by atoms with Crippen molar-refractivity contribution in [3.05, 3.63) is 60.5 Å². The first-order valence-electron chi connectivity index (χ1n) is 5.82. The van der Waals surface area contributed by atoms with Crippen LogP contribution in [-0.4, -0.2) is 11.8 Å². The summed E-state index contributed by atoms with van der Waals surface area (Å²) in [5, 5.41) is 6.94. The van der Waals surface area contributed by atoms with Crippen molar-refractivity contribution >= 4 is 0 Å². The maximum atomic E-state index is 5.58. The van der Waals surface area contributed by atoms with Crippen LogP contribution in [0.5, 0.6) is 5.75 Å². The van der Waals surface area contributed by atoms with Gasteiger partial charge in [0.05, 0.1) is 12.7 Å². The van der Waals surface area contributed by atoms with Crippen molar-refractivity contribution in [2.75, 3.05) is 6.61 Å². The Kier molecular flexibility index (Phi) is 4.55. The Morgan fingerprint density at radius 2 is 2.17 bits per heavy atom. The zero-order valence-corrected chi connectivity index (χ0v) is 10.1. The quantitative estimate of drug-likeness (QED) is 0.760. The lowest BCUT2D eigenvalue weighted by atomic mass is 10.2. The number of ether oxygens (including phenoxy) is 1. The number of nitrogens with one attached hydrogen (secondary N) is 1. The molecule has 0 saturated carbocycles. The molecule has 1 heterocycles. The zero-order chi connectivity index (χ0) is 12.6. The molecule has 1 aromatic heterocycles. The van der Waals surface area contributed by atoms with Crippen molar-refractivity contribution < 1.29 is 9.26 Å². The van der Waals surface area contributed by atoms with E-state index in [1.807, 2.05) is 30.3 Å². The largest absolute Gasteiger partial charge is 0.489 e. The highest BCUT2D eigenvalue weighted by atomic mass is 16.5. The smallest absolute Gasteiger partial charge is 0.150 e. The minimum absolute atomic E-state index is 0.513. The SMILES string of the molecule is C=CCOc1ccccc1CNCc1ccno1. The summed E-state index contributed by atoms with van der Waals surface area (Å²) in [6, 6.07) is 9.78. The maximum Gasteiger partial charge on any atom is 0.150 e. The summed E-state index contributed by atoms with van der Waals surface area (Å²) in [4.78, 5) is 0. The summed E-state index contributed by atoms with van der Waals surface area (Å²) in [5.41, 5.74) is 1.11. The molecule has 2 rings (SSSR count). The maximum absolute atomic E-state index is 5.58. The van der Waals surface area contributed by atoms with E-state index in [0.29, 0.717) is 19.7 Å². The topological polar surface area (TPSA) is 47.3 Å². The molecule has 2 aromatic rings. The fourth-order valence-electron chi connectivity index (χ4n) is 1.59. The molecule has 4 heteroatoms. The number of nitrogens with zero attached hydrogens (tertiary/aromatic N) is 1. The first-order chi connectivity index (χ1) is 8.90. The van der Waals surface area contributed by atoms with Crippen molar-refractivity contribution in [2.24, 2.45) is 0 Å². The number of rotatable bonds is 7. The Morgan fingerprint density at radius 1 is 1.28 bits per heavy atom. The van der Waals surface area contributed by atoms with Crippen molar-refractivity contribution in [3.63, 3.8) is 0 Å². The van der Waals surface area contributed by atoms with E-state index in [4.69, 9.17) is 9.26 Å². The normalized spacial score (nSPS) is 10.2. The molecule has 4 nitrogen and oxygen atoms in total. The Labute approximate surface area is 106 Å². The highest BCUT2D eigenvalue weighted by Crippen LogP contribution is 2.17. The summed E-state index contributed by atoms with van der Waals surface area (Å²) in [6.45, 7) is 5.52. The standard InChI is InChI=1S/C14H16N2O2/c1-2-9-17-14-6-4-3-5-12(14)10-15-11-13-7-8-16-18-13/h2-8,15H,1,9-11H2. The summed E-state index contributed by atoms with van der Waals surface area (Å²) in [7, 11) is 0. The van der Waals surface area contributed by atoms with Crippen LogP contribution < -0.4 is 10.1 Å². The van der Waals surface area contributed by atoms with Crippen LogP contribution in [0.1, 0.15) is 11.3 Å². The number of para-hydroxylation sites is 1. The first-order valence-corrected chi connectivity index (χ1v) is 5.82. The molecule has 18 heavy (non-hydrogen) atoms. The molecule has 1 aromatic carbocycles. The lowest BCUT2D eigenvalue weighted by Gasteiger charge is -2.10. The second-order valence-electron chi connectivity index (χ2n) is 3.79. The zero-order valence-electron chi connectivity index (χ0n) is 10.1. The highest BCUT2D eigenvalue weighted by molar-refractivity contribution is 5.33. The predicted molar refractivity (Wildman–Crippen MR) is 69.2 cm³/mol. The van der Waals surface area contributed by atoms with E-state index in [-0.39, 0.29) is 0 Å². The highest BCUT2D eigenvalue weighted by Gasteiger charge is 2.02. The Morgan fingerprint density at radius 3 is 2.94 bits per heavy atom. The van der Waals surface area contributed by atoms with E-state index in [2.05, 4.69) is 17.1 Å². The van der Waals surface area contributed by atoms with Crippen LogP contribution in [0.4, 0.5) is 0 Å². The molecule has 0 unspecified atom stereocenters. The molecule has 0 atom stereocenters. The lowest BCUT2D eigenvalue weighted by Crippen LogP contribution is -2.13. The van der Waals surface area contributed by atoms with Crippen LogP contribution in [0.3, 0.4) is 0 Å². The fourth-order valence-corrected chi connectivity index (χ4v) is 1.59. The number of benzene rings is 1. The van der Waals surface area contributed by atoms with Gasteiger partial charge >= 0.3 is 0 Å². The van der Waals surface area contributed by atoms with Crippen molar-refractivity contribution in [2.45, 2.75) is 13.1 Å². The van der Waals surface area contributed by atoms with Crippen molar-refractivity contribution in [3.8, 4) is 5.75 Å². The van der Waals surface area contributed by atoms with Gasteiger partial charge in [-0.15, -0.1) is 0 Å². The van der Waals surface area contributed by atoms with E-state index in [1.54, 1.807) is 12.3 Å². The van der Waals surface area contributed by atoms with E-state index >= 15 is 0 Å². The molecule has 0 aliphatic carbocycles. The molecule has 0 amide bonds. The van der Waals surface area contributed by atoms with E-state index in [0.717, 1.165) is 17.1 Å². The van der Waals surface area contributed by atoms with Gasteiger partial charge in [-0.3, -0.25) is 0 Å². The molecule has 0 aliphatic rings. The molecule has 0 spiro atoms. The van der Waals surface area contributed by atoms with E-state index in [9.17, 15) is 0 Å². The molecule has 0 fully saturated rings. The molecule has 0 radical (unpaired) electrons. The molecule has 0 bridgehead atoms. The Hall–Kier alpha value is -2.07. The van der Waals surface area contributed by atoms with Gasteiger partial charge in [-0.1, -0.05) is 36.0 Å². The second-order valence-corrected chi connectivity index (χ2v) is 3.79. The average Bonchev–Trinajstić information content (AvgIpc) is 2.91. The van der Waals surface area contributed by atoms with Crippen LogP contribution in [0, 0.1) is 0 Å². The van der Waals surface area contributed by atoms with Crippen LogP contribution in [-0.2, 0) is 13.1 Å². The third kappa shape index (κ3) is 3.46. The van der Waals surface area contributed by atoms with Gasteiger partial charge in [0.2, 0.25) is 0 Å². The molecule has 0 aliphatic heterocycles. The van der Waals surface area contributed by atoms with Gasteiger partial charge in [0.25, 0.3) is 0 Å². The van der Waals surface area contributed by atoms with Gasteiger partial charge < -0.3 is 14.6 Å². The molecule has 1 N–H and O–H groups in total.